The van der Waals surface area contributed by atoms with Crippen molar-refractivity contribution in [1.82, 2.24) is 15.6 Å². The second kappa shape index (κ2) is 17.4. The van der Waals surface area contributed by atoms with Crippen LogP contribution in [0.15, 0.2) is 103 Å². The monoisotopic (exact) mass is 723 g/mol. The molecule has 1 aromatic heterocycles. The zero-order chi connectivity index (χ0) is 38.1. The van der Waals surface area contributed by atoms with Gasteiger partial charge in [-0.3, -0.25) is 4.98 Å². The van der Waals surface area contributed by atoms with E-state index < -0.39 is 38.7 Å². The van der Waals surface area contributed by atoms with Crippen LogP contribution in [0.5, 0.6) is 0 Å². The number of alkyl carbamates (subject to hydrolysis) is 1. The van der Waals surface area contributed by atoms with E-state index in [0.717, 1.165) is 33.5 Å². The lowest BCUT2D eigenvalue weighted by Gasteiger charge is -2.44. The molecule has 52 heavy (non-hydrogen) atoms. The van der Waals surface area contributed by atoms with Crippen LogP contribution in [0.2, 0.25) is 18.1 Å². The number of rotatable bonds is 14. The van der Waals surface area contributed by atoms with Gasteiger partial charge in [0.25, 0.3) is 0 Å². The van der Waals surface area contributed by atoms with Gasteiger partial charge in [-0.25, -0.2) is 9.59 Å². The van der Waals surface area contributed by atoms with E-state index in [1.165, 1.54) is 0 Å². The van der Waals surface area contributed by atoms with E-state index in [9.17, 15) is 14.7 Å². The number of nitrogens with one attached hydrogen (secondary N) is 2. The van der Waals surface area contributed by atoms with E-state index in [-0.39, 0.29) is 23.0 Å². The second-order valence-corrected chi connectivity index (χ2v) is 21.2. The molecule has 0 radical (unpaired) electrons. The summed E-state index contributed by atoms with van der Waals surface area (Å²) in [6.45, 7) is 19.5. The summed E-state index contributed by atoms with van der Waals surface area (Å²) in [6, 6.07) is 30.8. The fourth-order valence-corrected chi connectivity index (χ4v) is 7.80. The van der Waals surface area contributed by atoms with Gasteiger partial charge in [0, 0.05) is 23.7 Å². The molecule has 2 amide bonds. The van der Waals surface area contributed by atoms with E-state index in [2.05, 4.69) is 101 Å². The Bertz CT molecular complexity index is 1720. The molecule has 4 aromatic rings. The maximum atomic E-state index is 13.7. The predicted octanol–water partition coefficient (Wildman–Crippen LogP) is 10.1. The number of carbonyl (C=O) groups excluding carboxylic acids is 1. The normalized spacial score (nSPS) is 14.5. The number of amides is 2. The van der Waals surface area contributed by atoms with E-state index in [0.29, 0.717) is 12.8 Å². The number of carbonyl (C=O) groups is 2. The van der Waals surface area contributed by atoms with Gasteiger partial charge < -0.3 is 24.9 Å². The molecule has 4 atom stereocenters. The molecule has 0 saturated carbocycles. The quantitative estimate of drug-likeness (QED) is 0.112. The molecule has 9 heteroatoms. The highest BCUT2D eigenvalue weighted by molar-refractivity contribution is 6.74. The van der Waals surface area contributed by atoms with Gasteiger partial charge in [-0.1, -0.05) is 133 Å². The van der Waals surface area contributed by atoms with Crippen LogP contribution in [0.4, 0.5) is 9.59 Å². The van der Waals surface area contributed by atoms with Crippen molar-refractivity contribution in [3.05, 3.63) is 126 Å². The Balaban J connectivity index is 1.79. The van der Waals surface area contributed by atoms with Crippen molar-refractivity contribution in [1.29, 1.82) is 0 Å². The number of aryl methyl sites for hydroxylation is 1. The first-order valence-electron chi connectivity index (χ1n) is 18.1. The summed E-state index contributed by atoms with van der Waals surface area (Å²) in [7, 11) is -2.46. The topological polar surface area (TPSA) is 110 Å². The number of pyridine rings is 1. The van der Waals surface area contributed by atoms with Crippen LogP contribution in [0.3, 0.4) is 0 Å². The first-order valence-corrected chi connectivity index (χ1v) is 21.0. The molecule has 1 heterocycles. The summed E-state index contributed by atoms with van der Waals surface area (Å²) < 4.78 is 13.0. The summed E-state index contributed by atoms with van der Waals surface area (Å²) >= 11 is 0. The Morgan fingerprint density at radius 1 is 0.788 bits per heavy atom. The molecule has 3 N–H and O–H groups in total. The van der Waals surface area contributed by atoms with E-state index in [1.807, 2.05) is 79.9 Å². The van der Waals surface area contributed by atoms with Gasteiger partial charge in [0.15, 0.2) is 8.32 Å². The lowest BCUT2D eigenvalue weighted by molar-refractivity contribution is 0.0882. The van der Waals surface area contributed by atoms with Gasteiger partial charge in [0.1, 0.15) is 6.61 Å². The average Bonchev–Trinajstić information content (AvgIpc) is 3.07. The van der Waals surface area contributed by atoms with Crippen molar-refractivity contribution in [2.75, 3.05) is 0 Å². The Kier molecular flexibility index (Phi) is 13.5. The molecule has 1 unspecified atom stereocenters. The molecule has 0 spiro atoms. The van der Waals surface area contributed by atoms with Crippen LogP contribution in [0.25, 0.3) is 11.3 Å². The predicted molar refractivity (Wildman–Crippen MR) is 212 cm³/mol. The minimum absolute atomic E-state index is 0.124. The molecular formula is C43H57N3O5Si. The lowest BCUT2D eigenvalue weighted by atomic mass is 9.70. The number of carboxylic acid groups (broad SMARTS) is 1. The molecule has 0 bridgehead atoms. The molecule has 8 nitrogen and oxygen atoms in total. The summed E-state index contributed by atoms with van der Waals surface area (Å²) in [6.07, 6.45) is 0.397. The van der Waals surface area contributed by atoms with E-state index >= 15 is 0 Å². The third-order valence-corrected chi connectivity index (χ3v) is 14.6. The number of nitrogens with zero attached hydrogens (tertiary/aromatic N) is 1. The minimum Gasteiger partial charge on any atom is -0.465 e. The van der Waals surface area contributed by atoms with Crippen LogP contribution in [-0.2, 0) is 22.2 Å². The van der Waals surface area contributed by atoms with Gasteiger partial charge in [-0.05, 0) is 71.6 Å². The van der Waals surface area contributed by atoms with Gasteiger partial charge in [-0.15, -0.1) is 0 Å². The molecule has 0 fully saturated rings. The van der Waals surface area contributed by atoms with Crippen molar-refractivity contribution in [2.24, 2.45) is 5.41 Å². The van der Waals surface area contributed by atoms with Crippen LogP contribution >= 0.6 is 0 Å². The highest BCUT2D eigenvalue weighted by Gasteiger charge is 2.44. The van der Waals surface area contributed by atoms with Gasteiger partial charge >= 0.3 is 12.2 Å². The Labute approximate surface area is 311 Å². The van der Waals surface area contributed by atoms with Crippen molar-refractivity contribution in [2.45, 2.75) is 110 Å². The maximum absolute atomic E-state index is 13.7. The molecule has 0 aliphatic carbocycles. The average molecular weight is 724 g/mol. The highest BCUT2D eigenvalue weighted by atomic mass is 28.4. The molecule has 3 aromatic carbocycles. The zero-order valence-corrected chi connectivity index (χ0v) is 33.3. The maximum Gasteiger partial charge on any atom is 0.407 e. The molecular weight excluding hydrogens is 667 g/mol. The number of hydrogen-bond donors (Lipinski definition) is 3. The zero-order valence-electron chi connectivity index (χ0n) is 32.3. The third-order valence-electron chi connectivity index (χ3n) is 10.1. The number of ether oxygens (including phenoxy) is 1. The number of benzene rings is 3. The Morgan fingerprint density at radius 2 is 1.38 bits per heavy atom. The van der Waals surface area contributed by atoms with E-state index in [1.54, 1.807) is 0 Å². The standard InChI is InChI=1S/C43H57N3O5Si/c1-30-20-25-35(44-28-30)33-21-23-34(24-22-33)39(42(2,3)4)37(46-41(49)50-29-32-18-14-11-15-19-32)27-38(51-52(8,9)43(5,6)7)36(45-40(47)48)26-31-16-12-10-13-17-31/h10-25,28,36-39,45H,26-27,29H2,1-9H3,(H,46,49)(H,47,48)/t36-,37-,38+,39?/m0/s1. The van der Waals surface area contributed by atoms with Gasteiger partial charge in [0.05, 0.1) is 17.8 Å². The minimum atomic E-state index is -2.46. The van der Waals surface area contributed by atoms with Gasteiger partial charge in [0.2, 0.25) is 0 Å². The Morgan fingerprint density at radius 3 is 1.90 bits per heavy atom. The van der Waals surface area contributed by atoms with Crippen molar-refractivity contribution < 1.29 is 23.9 Å². The molecule has 0 saturated heterocycles. The molecule has 4 rings (SSSR count). The second-order valence-electron chi connectivity index (χ2n) is 16.4. The molecule has 278 valence electrons. The van der Waals surface area contributed by atoms with E-state index in [4.69, 9.17) is 9.16 Å². The number of hydrogen-bond acceptors (Lipinski definition) is 5. The fraction of sp³-hybridized carbons (Fsp3) is 0.419. The lowest BCUT2D eigenvalue weighted by Crippen LogP contribution is -2.55. The first kappa shape index (κ1) is 40.3. The molecule has 0 aliphatic rings. The fourth-order valence-electron chi connectivity index (χ4n) is 6.43. The summed E-state index contributed by atoms with van der Waals surface area (Å²) in [5.41, 5.74) is 5.55. The Hall–Kier alpha value is -4.47. The summed E-state index contributed by atoms with van der Waals surface area (Å²) in [4.78, 5) is 30.7. The van der Waals surface area contributed by atoms with Crippen molar-refractivity contribution >= 4 is 20.5 Å². The highest BCUT2D eigenvalue weighted by Crippen LogP contribution is 2.42. The van der Waals surface area contributed by atoms with Crippen molar-refractivity contribution in [3.63, 3.8) is 0 Å². The summed E-state index contributed by atoms with van der Waals surface area (Å²) in [5, 5.41) is 16.1. The third kappa shape index (κ3) is 11.5. The van der Waals surface area contributed by atoms with Crippen LogP contribution in [0.1, 0.15) is 76.1 Å². The van der Waals surface area contributed by atoms with Gasteiger partial charge in [-0.2, -0.15) is 0 Å². The first-order chi connectivity index (χ1) is 24.4. The molecule has 0 aliphatic heterocycles. The summed E-state index contributed by atoms with van der Waals surface area (Å²) in [5.74, 6) is -0.204. The smallest absolute Gasteiger partial charge is 0.407 e. The van der Waals surface area contributed by atoms with Crippen LogP contribution in [0, 0.1) is 12.3 Å². The largest absolute Gasteiger partial charge is 0.465 e. The SMILES string of the molecule is Cc1ccc(-c2ccc(C([C@H](C[C@@H](O[Si](C)(C)C(C)(C)C)[C@H](Cc3ccccc3)NC(=O)O)NC(=O)OCc3ccccc3)C(C)(C)C)cc2)nc1. The van der Waals surface area contributed by atoms with Crippen LogP contribution < -0.4 is 10.6 Å². The van der Waals surface area contributed by atoms with Crippen molar-refractivity contribution in [3.8, 4) is 11.3 Å². The van der Waals surface area contributed by atoms with Crippen LogP contribution in [-0.4, -0.2) is 48.8 Å². The number of aromatic nitrogens is 1.